The zero-order valence-corrected chi connectivity index (χ0v) is 26.1. The highest BCUT2D eigenvalue weighted by Crippen LogP contribution is 2.39. The van der Waals surface area contributed by atoms with Crippen molar-refractivity contribution in [1.29, 1.82) is 0 Å². The molecule has 0 radical (unpaired) electrons. The van der Waals surface area contributed by atoms with Gasteiger partial charge in [-0.3, -0.25) is 0 Å². The Bertz CT molecular complexity index is 1450. The first-order valence-corrected chi connectivity index (χ1v) is 15.2. The summed E-state index contributed by atoms with van der Waals surface area (Å²) in [6, 6.07) is 8.72. The van der Waals surface area contributed by atoms with E-state index in [0.29, 0.717) is 45.9 Å². The molecule has 1 heterocycles. The molecule has 2 fully saturated rings. The van der Waals surface area contributed by atoms with Gasteiger partial charge in [-0.25, -0.2) is 15.9 Å². The SMILES string of the molecule is CC.CN(N)/N=C(\N)N(Cc1cc(C(F)(F)F)cc(C(F)(F)F)c1)Cc1cc2cccc(Cl)c2nc1N(CC1CC1)CC1CC1. The van der Waals surface area contributed by atoms with Crippen LogP contribution in [0.4, 0.5) is 32.2 Å². The van der Waals surface area contributed by atoms with Crippen molar-refractivity contribution in [3.8, 4) is 0 Å². The highest BCUT2D eigenvalue weighted by Gasteiger charge is 2.37. The van der Waals surface area contributed by atoms with E-state index in [1.165, 1.54) is 11.9 Å². The quantitative estimate of drug-likeness (QED) is 0.0767. The number of benzene rings is 2. The van der Waals surface area contributed by atoms with Crippen LogP contribution in [0.3, 0.4) is 0 Å². The second-order valence-corrected chi connectivity index (χ2v) is 11.8. The molecule has 14 heteroatoms. The molecule has 3 aromatic rings. The van der Waals surface area contributed by atoms with E-state index in [1.54, 1.807) is 12.1 Å². The third kappa shape index (κ3) is 9.29. The van der Waals surface area contributed by atoms with Crippen LogP contribution < -0.4 is 16.5 Å². The van der Waals surface area contributed by atoms with Gasteiger partial charge < -0.3 is 15.5 Å². The van der Waals surface area contributed by atoms with Crippen molar-refractivity contribution in [2.24, 2.45) is 28.5 Å². The Morgan fingerprint density at radius 3 is 1.96 bits per heavy atom. The summed E-state index contributed by atoms with van der Waals surface area (Å²) in [6.45, 7) is 5.14. The maximum absolute atomic E-state index is 13.6. The van der Waals surface area contributed by atoms with E-state index in [-0.39, 0.29) is 24.1 Å². The molecule has 2 aromatic carbocycles. The summed E-state index contributed by atoms with van der Waals surface area (Å²) < 4.78 is 81.7. The molecule has 0 aliphatic heterocycles. The van der Waals surface area contributed by atoms with Crippen molar-refractivity contribution in [2.45, 2.75) is 65.0 Å². The number of guanidine groups is 1. The molecule has 45 heavy (non-hydrogen) atoms. The van der Waals surface area contributed by atoms with E-state index in [0.717, 1.165) is 49.3 Å². The highest BCUT2D eigenvalue weighted by atomic mass is 35.5. The number of nitrogens with zero attached hydrogens (tertiary/aromatic N) is 5. The number of hydrogen-bond acceptors (Lipinski definition) is 5. The minimum atomic E-state index is -4.99. The van der Waals surface area contributed by atoms with Gasteiger partial charge in [-0.15, -0.1) is 5.10 Å². The molecule has 0 spiro atoms. The van der Waals surface area contributed by atoms with Crippen LogP contribution >= 0.6 is 11.6 Å². The van der Waals surface area contributed by atoms with Gasteiger partial charge in [0.1, 0.15) is 5.82 Å². The normalized spacial score (nSPS) is 15.5. The van der Waals surface area contributed by atoms with Crippen LogP contribution in [0.15, 0.2) is 47.6 Å². The van der Waals surface area contributed by atoms with Crippen LogP contribution in [0, 0.1) is 11.8 Å². The van der Waals surface area contributed by atoms with Crippen LogP contribution in [0.2, 0.25) is 5.02 Å². The second-order valence-electron chi connectivity index (χ2n) is 11.4. The van der Waals surface area contributed by atoms with E-state index in [1.807, 2.05) is 26.0 Å². The van der Waals surface area contributed by atoms with Crippen molar-refractivity contribution in [3.63, 3.8) is 0 Å². The molecule has 0 saturated heterocycles. The van der Waals surface area contributed by atoms with Gasteiger partial charge in [-0.1, -0.05) is 37.6 Å². The molecule has 0 unspecified atom stereocenters. The minimum Gasteiger partial charge on any atom is -0.368 e. The monoisotopic (exact) mass is 657 g/mol. The van der Waals surface area contributed by atoms with Gasteiger partial charge in [-0.05, 0) is 73.4 Å². The molecule has 0 amide bonds. The fourth-order valence-corrected chi connectivity index (χ4v) is 5.26. The maximum Gasteiger partial charge on any atom is 0.416 e. The average Bonchev–Trinajstić information content (AvgIpc) is 3.89. The lowest BCUT2D eigenvalue weighted by Crippen LogP contribution is -2.40. The van der Waals surface area contributed by atoms with Crippen molar-refractivity contribution in [1.82, 2.24) is 15.0 Å². The lowest BCUT2D eigenvalue weighted by atomic mass is 10.0. The van der Waals surface area contributed by atoms with E-state index in [4.69, 9.17) is 28.2 Å². The average molecular weight is 658 g/mol. The van der Waals surface area contributed by atoms with E-state index < -0.39 is 30.0 Å². The minimum absolute atomic E-state index is 0.0165. The Hall–Kier alpha value is -3.45. The van der Waals surface area contributed by atoms with Gasteiger partial charge in [0.2, 0.25) is 5.96 Å². The second kappa shape index (κ2) is 13.9. The summed E-state index contributed by atoms with van der Waals surface area (Å²) in [5.41, 5.74) is 4.47. The summed E-state index contributed by atoms with van der Waals surface area (Å²) in [5, 5.41) is 6.13. The third-order valence-corrected chi connectivity index (χ3v) is 7.77. The topological polar surface area (TPSA) is 87.0 Å². The molecule has 7 nitrogen and oxygen atoms in total. The van der Waals surface area contributed by atoms with Crippen LogP contribution in [0.1, 0.15) is 61.8 Å². The van der Waals surface area contributed by atoms with Crippen molar-refractivity contribution in [3.05, 3.63) is 69.7 Å². The Labute approximate surface area is 263 Å². The Balaban J connectivity index is 0.00000226. The summed E-state index contributed by atoms with van der Waals surface area (Å²) in [4.78, 5) is 8.58. The van der Waals surface area contributed by atoms with Crippen LogP contribution in [0.5, 0.6) is 0 Å². The summed E-state index contributed by atoms with van der Waals surface area (Å²) in [5.74, 6) is 7.19. The Kier molecular flexibility index (Phi) is 10.6. The number of nitrogens with two attached hydrogens (primary N) is 2. The largest absolute Gasteiger partial charge is 0.416 e. The van der Waals surface area contributed by atoms with Gasteiger partial charge in [0, 0.05) is 44.2 Å². The van der Waals surface area contributed by atoms with E-state index >= 15 is 0 Å². The number of fused-ring (bicyclic) bond motifs is 1. The highest BCUT2D eigenvalue weighted by molar-refractivity contribution is 6.35. The lowest BCUT2D eigenvalue weighted by molar-refractivity contribution is -0.143. The number of anilines is 1. The number of rotatable bonds is 10. The number of alkyl halides is 6. The predicted molar refractivity (Wildman–Crippen MR) is 165 cm³/mol. The Morgan fingerprint density at radius 1 is 0.911 bits per heavy atom. The summed E-state index contributed by atoms with van der Waals surface area (Å²) in [6.07, 6.45) is -5.54. The predicted octanol–water partition coefficient (Wildman–Crippen LogP) is 7.62. The van der Waals surface area contributed by atoms with Gasteiger partial charge in [0.25, 0.3) is 0 Å². The van der Waals surface area contributed by atoms with Crippen molar-refractivity contribution < 1.29 is 26.3 Å². The first-order valence-electron chi connectivity index (χ1n) is 14.9. The maximum atomic E-state index is 13.6. The Morgan fingerprint density at radius 2 is 1.47 bits per heavy atom. The zero-order chi connectivity index (χ0) is 33.1. The van der Waals surface area contributed by atoms with Crippen LogP contribution in [-0.2, 0) is 25.4 Å². The molecule has 1 aromatic heterocycles. The molecule has 0 bridgehead atoms. The molecule has 2 aliphatic rings. The molecular weight excluding hydrogens is 620 g/mol. The van der Waals surface area contributed by atoms with Crippen LogP contribution in [-0.4, -0.2) is 41.1 Å². The summed E-state index contributed by atoms with van der Waals surface area (Å²) >= 11 is 6.51. The zero-order valence-electron chi connectivity index (χ0n) is 25.4. The van der Waals surface area contributed by atoms with E-state index in [2.05, 4.69) is 10.0 Å². The number of hydrogen-bond donors (Lipinski definition) is 2. The number of halogens is 7. The van der Waals surface area contributed by atoms with Crippen LogP contribution in [0.25, 0.3) is 10.9 Å². The fraction of sp³-hybridized carbons (Fsp3) is 0.484. The number of aromatic nitrogens is 1. The standard InChI is InChI=1S/C29H32ClF6N7.C2H6/c1-41(38)40-27(37)43(15-19-9-22(28(31,32)33)12-23(10-19)29(34,35)36)16-21-11-20-3-2-4-24(30)25(20)39-26(21)42(13-17-5-6-17)14-18-7-8-18;1-2/h2-4,9-12,17-18H,5-8,13-16,38H2,1H3,(H2,37,40);1-2H3. The van der Waals surface area contributed by atoms with Crippen molar-refractivity contribution >= 4 is 34.3 Å². The number of hydrazone groups is 1. The first-order chi connectivity index (χ1) is 21.2. The number of para-hydroxylation sites is 1. The smallest absolute Gasteiger partial charge is 0.368 e. The molecule has 0 atom stereocenters. The number of pyridine rings is 1. The summed E-state index contributed by atoms with van der Waals surface area (Å²) in [7, 11) is 1.40. The van der Waals surface area contributed by atoms with Gasteiger partial charge in [0.05, 0.1) is 21.7 Å². The molecular formula is C31H38ClF6N7. The molecule has 4 N–H and O–H groups in total. The van der Waals surface area contributed by atoms with Gasteiger partial charge in [0.15, 0.2) is 0 Å². The van der Waals surface area contributed by atoms with Gasteiger partial charge >= 0.3 is 12.4 Å². The number of hydrazine groups is 1. The van der Waals surface area contributed by atoms with Crippen molar-refractivity contribution in [2.75, 3.05) is 25.0 Å². The van der Waals surface area contributed by atoms with E-state index in [9.17, 15) is 26.3 Å². The molecule has 2 saturated carbocycles. The molecule has 2 aliphatic carbocycles. The first kappa shape index (κ1) is 34.4. The third-order valence-electron chi connectivity index (χ3n) is 7.47. The lowest BCUT2D eigenvalue weighted by Gasteiger charge is -2.30. The molecule has 5 rings (SSSR count). The van der Waals surface area contributed by atoms with Gasteiger partial charge in [-0.2, -0.15) is 26.3 Å². The fourth-order valence-electron chi connectivity index (χ4n) is 5.04. The molecule has 246 valence electrons.